The Morgan fingerprint density at radius 2 is 2.05 bits per heavy atom. The lowest BCUT2D eigenvalue weighted by Crippen LogP contribution is -2.51. The predicted octanol–water partition coefficient (Wildman–Crippen LogP) is -0.597. The SMILES string of the molecule is CCOc1cccc(C=O)c1OCC(O)(O)C(O)C(=O)O. The highest BCUT2D eigenvalue weighted by atomic mass is 16.6. The van der Waals surface area contributed by atoms with E-state index in [2.05, 4.69) is 0 Å². The van der Waals surface area contributed by atoms with Crippen LogP contribution in [0.3, 0.4) is 0 Å². The van der Waals surface area contributed by atoms with Gasteiger partial charge in [-0.1, -0.05) is 6.07 Å². The van der Waals surface area contributed by atoms with Gasteiger partial charge < -0.3 is 29.9 Å². The summed E-state index contributed by atoms with van der Waals surface area (Å²) in [5.41, 5.74) is 0.0848. The van der Waals surface area contributed by atoms with Crippen LogP contribution < -0.4 is 9.47 Å². The number of hydrogen-bond acceptors (Lipinski definition) is 7. The van der Waals surface area contributed by atoms with Crippen LogP contribution in [-0.2, 0) is 4.79 Å². The topological polar surface area (TPSA) is 134 Å². The van der Waals surface area contributed by atoms with E-state index in [9.17, 15) is 19.8 Å². The monoisotopic (exact) mass is 300 g/mol. The number of rotatable bonds is 8. The zero-order valence-corrected chi connectivity index (χ0v) is 11.2. The van der Waals surface area contributed by atoms with E-state index < -0.39 is 24.5 Å². The minimum atomic E-state index is -3.02. The first-order valence-electron chi connectivity index (χ1n) is 6.03. The van der Waals surface area contributed by atoms with Gasteiger partial charge in [0.1, 0.15) is 6.61 Å². The van der Waals surface area contributed by atoms with Gasteiger partial charge in [0.05, 0.1) is 12.2 Å². The summed E-state index contributed by atoms with van der Waals surface area (Å²) < 4.78 is 10.3. The molecule has 1 unspecified atom stereocenters. The zero-order valence-electron chi connectivity index (χ0n) is 11.2. The van der Waals surface area contributed by atoms with Crippen molar-refractivity contribution in [2.24, 2.45) is 0 Å². The molecule has 0 amide bonds. The third kappa shape index (κ3) is 4.15. The van der Waals surface area contributed by atoms with E-state index in [1.54, 1.807) is 13.0 Å². The molecule has 0 aromatic heterocycles. The molecule has 0 aliphatic carbocycles. The van der Waals surface area contributed by atoms with Crippen LogP contribution in [-0.4, -0.2) is 57.8 Å². The molecule has 0 saturated heterocycles. The maximum Gasteiger partial charge on any atom is 0.338 e. The molecule has 0 aliphatic heterocycles. The Bertz CT molecular complexity index is 511. The van der Waals surface area contributed by atoms with Crippen LogP contribution in [0.5, 0.6) is 11.5 Å². The number of aliphatic hydroxyl groups excluding tert-OH is 1. The maximum absolute atomic E-state index is 10.9. The van der Waals surface area contributed by atoms with Gasteiger partial charge in [0, 0.05) is 0 Å². The van der Waals surface area contributed by atoms with Gasteiger partial charge in [0.15, 0.2) is 17.8 Å². The summed E-state index contributed by atoms with van der Waals surface area (Å²) in [6.07, 6.45) is -1.99. The Labute approximate surface area is 120 Å². The average molecular weight is 300 g/mol. The van der Waals surface area contributed by atoms with Crippen molar-refractivity contribution in [3.05, 3.63) is 23.8 Å². The summed E-state index contributed by atoms with van der Waals surface area (Å²) in [4.78, 5) is 21.5. The van der Waals surface area contributed by atoms with Crippen molar-refractivity contribution in [3.63, 3.8) is 0 Å². The smallest absolute Gasteiger partial charge is 0.338 e. The van der Waals surface area contributed by atoms with Crippen LogP contribution in [0, 0.1) is 0 Å². The van der Waals surface area contributed by atoms with E-state index >= 15 is 0 Å². The van der Waals surface area contributed by atoms with Gasteiger partial charge in [-0.2, -0.15) is 0 Å². The van der Waals surface area contributed by atoms with E-state index in [-0.39, 0.29) is 23.7 Å². The summed E-state index contributed by atoms with van der Waals surface area (Å²) in [7, 11) is 0. The van der Waals surface area contributed by atoms with Crippen LogP contribution >= 0.6 is 0 Å². The fourth-order valence-corrected chi connectivity index (χ4v) is 1.50. The summed E-state index contributed by atoms with van der Waals surface area (Å²) in [6, 6.07) is 4.45. The molecular formula is C13H16O8. The predicted molar refractivity (Wildman–Crippen MR) is 69.3 cm³/mol. The Hall–Kier alpha value is -2.16. The highest BCUT2D eigenvalue weighted by Gasteiger charge is 2.40. The van der Waals surface area contributed by atoms with Crippen LogP contribution in [0.4, 0.5) is 0 Å². The number of carbonyl (C=O) groups is 2. The number of aliphatic carboxylic acids is 1. The molecule has 0 spiro atoms. The fraction of sp³-hybridized carbons (Fsp3) is 0.385. The van der Waals surface area contributed by atoms with Gasteiger partial charge in [-0.15, -0.1) is 0 Å². The van der Waals surface area contributed by atoms with Crippen molar-refractivity contribution in [2.75, 3.05) is 13.2 Å². The van der Waals surface area contributed by atoms with Gasteiger partial charge in [0.2, 0.25) is 11.9 Å². The van der Waals surface area contributed by atoms with E-state index in [0.29, 0.717) is 6.29 Å². The molecule has 4 N–H and O–H groups in total. The maximum atomic E-state index is 10.9. The van der Waals surface area contributed by atoms with Gasteiger partial charge >= 0.3 is 5.97 Å². The first-order valence-corrected chi connectivity index (χ1v) is 6.03. The normalized spacial score (nSPS) is 12.6. The second kappa shape index (κ2) is 7.02. The highest BCUT2D eigenvalue weighted by Crippen LogP contribution is 2.31. The summed E-state index contributed by atoms with van der Waals surface area (Å²) in [5, 5.41) is 36.6. The lowest BCUT2D eigenvalue weighted by molar-refractivity contribution is -0.241. The molecule has 8 nitrogen and oxygen atoms in total. The Balaban J connectivity index is 2.97. The molecule has 0 saturated carbocycles. The molecule has 1 aromatic carbocycles. The molecule has 0 aliphatic rings. The standard InChI is InChI=1S/C13H16O8/c1-2-20-9-5-3-4-8(6-14)10(9)21-7-13(18,19)11(15)12(16)17/h3-6,11,15,18-19H,2,7H2,1H3,(H,16,17). The fourth-order valence-electron chi connectivity index (χ4n) is 1.50. The van der Waals surface area contributed by atoms with E-state index in [1.165, 1.54) is 12.1 Å². The van der Waals surface area contributed by atoms with Crippen molar-refractivity contribution in [3.8, 4) is 11.5 Å². The summed E-state index contributed by atoms with van der Waals surface area (Å²) in [5.74, 6) is -4.73. The minimum absolute atomic E-state index is 0.0700. The number of carboxylic acids is 1. The second-order valence-corrected chi connectivity index (χ2v) is 4.13. The Kier molecular flexibility index (Phi) is 5.65. The van der Waals surface area contributed by atoms with Crippen LogP contribution in [0.25, 0.3) is 0 Å². The number of para-hydroxylation sites is 1. The zero-order chi connectivity index (χ0) is 16.0. The van der Waals surface area contributed by atoms with Crippen molar-refractivity contribution in [2.45, 2.75) is 18.8 Å². The van der Waals surface area contributed by atoms with Gasteiger partial charge in [-0.3, -0.25) is 4.79 Å². The first kappa shape index (κ1) is 16.9. The molecule has 1 atom stereocenters. The largest absolute Gasteiger partial charge is 0.490 e. The second-order valence-electron chi connectivity index (χ2n) is 4.13. The molecule has 0 bridgehead atoms. The average Bonchev–Trinajstić information content (AvgIpc) is 2.44. The molecule has 1 rings (SSSR count). The third-order valence-corrected chi connectivity index (χ3v) is 2.54. The van der Waals surface area contributed by atoms with E-state index in [0.717, 1.165) is 0 Å². The minimum Gasteiger partial charge on any atom is -0.490 e. The Morgan fingerprint density at radius 1 is 1.38 bits per heavy atom. The van der Waals surface area contributed by atoms with Crippen LogP contribution in [0.15, 0.2) is 18.2 Å². The summed E-state index contributed by atoms with van der Waals surface area (Å²) >= 11 is 0. The van der Waals surface area contributed by atoms with Gasteiger partial charge in [0.25, 0.3) is 0 Å². The molecular weight excluding hydrogens is 284 g/mol. The van der Waals surface area contributed by atoms with Crippen molar-refractivity contribution >= 4 is 12.3 Å². The van der Waals surface area contributed by atoms with Crippen LogP contribution in [0.1, 0.15) is 17.3 Å². The van der Waals surface area contributed by atoms with Crippen LogP contribution in [0.2, 0.25) is 0 Å². The number of hydrogen-bond donors (Lipinski definition) is 4. The molecule has 0 heterocycles. The lowest BCUT2D eigenvalue weighted by Gasteiger charge is -2.25. The summed E-state index contributed by atoms with van der Waals surface area (Å²) in [6.45, 7) is 1.01. The number of aldehydes is 1. The van der Waals surface area contributed by atoms with Gasteiger partial charge in [-0.05, 0) is 19.1 Å². The molecule has 1 aromatic rings. The number of ether oxygens (including phenoxy) is 2. The molecule has 116 valence electrons. The highest BCUT2D eigenvalue weighted by molar-refractivity contribution is 5.81. The molecule has 21 heavy (non-hydrogen) atoms. The van der Waals surface area contributed by atoms with Crippen molar-refractivity contribution < 1.29 is 39.5 Å². The van der Waals surface area contributed by atoms with Crippen molar-refractivity contribution in [1.82, 2.24) is 0 Å². The molecule has 8 heteroatoms. The molecule has 0 fully saturated rings. The number of carbonyl (C=O) groups excluding carboxylic acids is 1. The first-order chi connectivity index (χ1) is 9.83. The van der Waals surface area contributed by atoms with Gasteiger partial charge in [-0.25, -0.2) is 4.79 Å². The third-order valence-electron chi connectivity index (χ3n) is 2.54. The number of aliphatic hydroxyl groups is 3. The van der Waals surface area contributed by atoms with E-state index in [1.807, 2.05) is 0 Å². The number of benzene rings is 1. The lowest BCUT2D eigenvalue weighted by atomic mass is 10.1. The van der Waals surface area contributed by atoms with Crippen molar-refractivity contribution in [1.29, 1.82) is 0 Å². The van der Waals surface area contributed by atoms with E-state index in [4.69, 9.17) is 19.7 Å². The number of carboxylic acid groups (broad SMARTS) is 1. The molecule has 0 radical (unpaired) electrons. The Morgan fingerprint density at radius 3 is 2.57 bits per heavy atom. The quantitative estimate of drug-likeness (QED) is 0.369.